The first-order valence-electron chi connectivity index (χ1n) is 10.9. The van der Waals surface area contributed by atoms with Gasteiger partial charge in [-0.25, -0.2) is 17.5 Å². The summed E-state index contributed by atoms with van der Waals surface area (Å²) >= 11 is 0. The molecule has 3 aromatic carbocycles. The number of para-hydroxylation sites is 1. The monoisotopic (exact) mass is 492 g/mol. The lowest BCUT2D eigenvalue weighted by molar-refractivity contribution is -0.121. The number of nitrogens with one attached hydrogen (secondary N) is 1. The molecule has 0 aliphatic heterocycles. The van der Waals surface area contributed by atoms with Gasteiger partial charge in [0.2, 0.25) is 15.9 Å². The van der Waals surface area contributed by atoms with Crippen LogP contribution in [-0.4, -0.2) is 42.0 Å². The highest BCUT2D eigenvalue weighted by Crippen LogP contribution is 2.24. The van der Waals surface area contributed by atoms with Gasteiger partial charge in [-0.3, -0.25) is 4.79 Å². The first-order chi connectivity index (χ1) is 16.7. The van der Waals surface area contributed by atoms with Gasteiger partial charge >= 0.3 is 0 Å². The fraction of sp³-hybridized carbons (Fsp3) is 0.154. The van der Waals surface area contributed by atoms with Crippen molar-refractivity contribution in [2.24, 2.45) is 0 Å². The standard InChI is InChI=1S/C26H25FN4O3S/c1-19-8-14-24(15-9-19)35(33,34)30(2)18-25(32)28-16-21-17-31(23-6-4-3-5-7-23)29-26(21)20-10-12-22(27)13-11-20/h3-15,17H,16,18H2,1-2H3,(H,28,32). The number of aryl methyl sites for hydroxylation is 1. The van der Waals surface area contributed by atoms with Gasteiger partial charge < -0.3 is 5.32 Å². The number of likely N-dealkylation sites (N-methyl/N-ethyl adjacent to an activating group) is 1. The van der Waals surface area contributed by atoms with Gasteiger partial charge in [-0.1, -0.05) is 35.9 Å². The molecule has 180 valence electrons. The molecule has 1 aromatic heterocycles. The maximum absolute atomic E-state index is 13.5. The van der Waals surface area contributed by atoms with Crippen molar-refractivity contribution < 1.29 is 17.6 Å². The van der Waals surface area contributed by atoms with Gasteiger partial charge in [0.25, 0.3) is 0 Å². The zero-order valence-corrected chi connectivity index (χ0v) is 20.2. The highest BCUT2D eigenvalue weighted by molar-refractivity contribution is 7.89. The highest BCUT2D eigenvalue weighted by Gasteiger charge is 2.23. The summed E-state index contributed by atoms with van der Waals surface area (Å²) in [6.07, 6.45) is 1.79. The van der Waals surface area contributed by atoms with E-state index in [1.54, 1.807) is 35.1 Å². The van der Waals surface area contributed by atoms with E-state index in [1.165, 1.54) is 31.3 Å². The first-order valence-corrected chi connectivity index (χ1v) is 12.4. The molecule has 4 rings (SSSR count). The quantitative estimate of drug-likeness (QED) is 0.404. The molecule has 0 saturated heterocycles. The SMILES string of the molecule is Cc1ccc(S(=O)(=O)N(C)CC(=O)NCc2cn(-c3ccccc3)nc2-c2ccc(F)cc2)cc1. The fourth-order valence-corrected chi connectivity index (χ4v) is 4.66. The van der Waals surface area contributed by atoms with E-state index >= 15 is 0 Å². The molecule has 1 N–H and O–H groups in total. The van der Waals surface area contributed by atoms with E-state index in [0.717, 1.165) is 15.6 Å². The molecule has 0 fully saturated rings. The number of halogens is 1. The van der Waals surface area contributed by atoms with Crippen LogP contribution in [0.3, 0.4) is 0 Å². The van der Waals surface area contributed by atoms with Gasteiger partial charge in [0.05, 0.1) is 22.8 Å². The lowest BCUT2D eigenvalue weighted by atomic mass is 10.1. The third-order valence-corrected chi connectivity index (χ3v) is 7.32. The Morgan fingerprint density at radius 3 is 2.31 bits per heavy atom. The number of hydrogen-bond acceptors (Lipinski definition) is 4. The Morgan fingerprint density at radius 1 is 1.00 bits per heavy atom. The van der Waals surface area contributed by atoms with Gasteiger partial charge in [-0.15, -0.1) is 0 Å². The molecule has 7 nitrogen and oxygen atoms in total. The van der Waals surface area contributed by atoms with Crippen LogP contribution in [0.25, 0.3) is 16.9 Å². The van der Waals surface area contributed by atoms with Crippen molar-refractivity contribution in [1.82, 2.24) is 19.4 Å². The maximum Gasteiger partial charge on any atom is 0.243 e. The van der Waals surface area contributed by atoms with Crippen LogP contribution in [0.5, 0.6) is 0 Å². The van der Waals surface area contributed by atoms with E-state index in [4.69, 9.17) is 0 Å². The van der Waals surface area contributed by atoms with Crippen molar-refractivity contribution in [3.05, 3.63) is 102 Å². The van der Waals surface area contributed by atoms with Crippen molar-refractivity contribution in [3.63, 3.8) is 0 Å². The second kappa shape index (κ2) is 10.2. The van der Waals surface area contributed by atoms with Gasteiger partial charge in [0.15, 0.2) is 0 Å². The molecular weight excluding hydrogens is 467 g/mol. The minimum absolute atomic E-state index is 0.122. The Balaban J connectivity index is 1.51. The summed E-state index contributed by atoms with van der Waals surface area (Å²) in [5.74, 6) is -0.815. The van der Waals surface area contributed by atoms with Crippen LogP contribution in [0, 0.1) is 12.7 Å². The Morgan fingerprint density at radius 2 is 1.66 bits per heavy atom. The highest BCUT2D eigenvalue weighted by atomic mass is 32.2. The molecule has 0 saturated carbocycles. The number of sulfonamides is 1. The summed E-state index contributed by atoms with van der Waals surface area (Å²) < 4.78 is 41.7. The molecule has 1 heterocycles. The number of nitrogens with zero attached hydrogens (tertiary/aromatic N) is 3. The molecule has 0 bridgehead atoms. The summed E-state index contributed by atoms with van der Waals surface area (Å²) in [5, 5.41) is 7.42. The molecule has 35 heavy (non-hydrogen) atoms. The largest absolute Gasteiger partial charge is 0.351 e. The van der Waals surface area contributed by atoms with Crippen molar-refractivity contribution in [2.75, 3.05) is 13.6 Å². The summed E-state index contributed by atoms with van der Waals surface area (Å²) in [5.41, 5.74) is 3.77. The summed E-state index contributed by atoms with van der Waals surface area (Å²) in [6, 6.07) is 21.9. The molecule has 0 aliphatic rings. The van der Waals surface area contributed by atoms with Gasteiger partial charge in [0.1, 0.15) is 5.82 Å². The van der Waals surface area contributed by atoms with Crippen LogP contribution in [0.15, 0.2) is 90.0 Å². The summed E-state index contributed by atoms with van der Waals surface area (Å²) in [6.45, 7) is 1.65. The normalized spacial score (nSPS) is 11.5. The Labute approximate surface area is 203 Å². The molecule has 0 unspecified atom stereocenters. The number of carbonyl (C=O) groups is 1. The number of hydrogen-bond donors (Lipinski definition) is 1. The van der Waals surface area contributed by atoms with Crippen molar-refractivity contribution in [1.29, 1.82) is 0 Å². The Bertz CT molecular complexity index is 1420. The summed E-state index contributed by atoms with van der Waals surface area (Å²) in [4.78, 5) is 12.8. The minimum atomic E-state index is -3.80. The maximum atomic E-state index is 13.5. The van der Waals surface area contributed by atoms with E-state index in [9.17, 15) is 17.6 Å². The van der Waals surface area contributed by atoms with Gasteiger partial charge in [-0.2, -0.15) is 9.40 Å². The van der Waals surface area contributed by atoms with Gasteiger partial charge in [-0.05, 0) is 55.5 Å². The average Bonchev–Trinajstić information content (AvgIpc) is 3.28. The Kier molecular flexibility index (Phi) is 7.09. The van der Waals surface area contributed by atoms with Crippen LogP contribution < -0.4 is 5.32 Å². The smallest absolute Gasteiger partial charge is 0.243 e. The summed E-state index contributed by atoms with van der Waals surface area (Å²) in [7, 11) is -2.43. The number of benzene rings is 3. The lowest BCUT2D eigenvalue weighted by Gasteiger charge is -2.17. The second-order valence-corrected chi connectivity index (χ2v) is 10.2. The van der Waals surface area contributed by atoms with Crippen LogP contribution in [-0.2, 0) is 21.4 Å². The molecule has 0 radical (unpaired) electrons. The Hall–Kier alpha value is -3.82. The van der Waals surface area contributed by atoms with Crippen LogP contribution in [0.2, 0.25) is 0 Å². The van der Waals surface area contributed by atoms with Crippen LogP contribution in [0.1, 0.15) is 11.1 Å². The van der Waals surface area contributed by atoms with Gasteiger partial charge in [0, 0.05) is 30.9 Å². The number of amides is 1. The van der Waals surface area contributed by atoms with Crippen LogP contribution in [0.4, 0.5) is 4.39 Å². The predicted molar refractivity (Wildman–Crippen MR) is 132 cm³/mol. The molecule has 4 aromatic rings. The minimum Gasteiger partial charge on any atom is -0.351 e. The number of aromatic nitrogens is 2. The molecule has 0 aliphatic carbocycles. The molecule has 0 atom stereocenters. The molecular formula is C26H25FN4O3S. The zero-order valence-electron chi connectivity index (χ0n) is 19.3. The van der Waals surface area contributed by atoms with Crippen molar-refractivity contribution in [3.8, 4) is 16.9 Å². The van der Waals surface area contributed by atoms with Crippen molar-refractivity contribution >= 4 is 15.9 Å². The predicted octanol–water partition coefficient (Wildman–Crippen LogP) is 3.92. The van der Waals surface area contributed by atoms with E-state index in [-0.39, 0.29) is 23.8 Å². The molecule has 0 spiro atoms. The lowest BCUT2D eigenvalue weighted by Crippen LogP contribution is -2.38. The van der Waals surface area contributed by atoms with E-state index in [0.29, 0.717) is 16.8 Å². The van der Waals surface area contributed by atoms with E-state index in [2.05, 4.69) is 10.4 Å². The first kappa shape index (κ1) is 24.3. The molecule has 1 amide bonds. The zero-order chi connectivity index (χ0) is 25.0. The average molecular weight is 493 g/mol. The number of rotatable bonds is 8. The second-order valence-electron chi connectivity index (χ2n) is 8.14. The van der Waals surface area contributed by atoms with Crippen molar-refractivity contribution in [2.45, 2.75) is 18.4 Å². The topological polar surface area (TPSA) is 84.3 Å². The van der Waals surface area contributed by atoms with Crippen LogP contribution >= 0.6 is 0 Å². The fourth-order valence-electron chi connectivity index (χ4n) is 3.53. The van der Waals surface area contributed by atoms with E-state index < -0.39 is 15.9 Å². The number of carbonyl (C=O) groups excluding carboxylic acids is 1. The van der Waals surface area contributed by atoms with E-state index in [1.807, 2.05) is 37.3 Å². The third-order valence-electron chi connectivity index (χ3n) is 5.50. The third kappa shape index (κ3) is 5.64. The molecule has 9 heteroatoms.